The Hall–Kier alpha value is -2.54. The van der Waals surface area contributed by atoms with Gasteiger partial charge in [-0.25, -0.2) is 4.98 Å². The van der Waals surface area contributed by atoms with Crippen molar-refractivity contribution in [2.45, 2.75) is 19.3 Å². The Kier molecular flexibility index (Phi) is 7.58. The summed E-state index contributed by atoms with van der Waals surface area (Å²) in [6.07, 6.45) is 8.57. The summed E-state index contributed by atoms with van der Waals surface area (Å²) < 4.78 is 1.22. The van der Waals surface area contributed by atoms with E-state index in [2.05, 4.69) is 45.9 Å². The second kappa shape index (κ2) is 10.6. The van der Waals surface area contributed by atoms with E-state index in [1.54, 1.807) is 11.3 Å². The first-order chi connectivity index (χ1) is 15.7. The number of fused-ring (bicyclic) bond motifs is 1. The highest BCUT2D eigenvalue weighted by Gasteiger charge is 2.26. The van der Waals surface area contributed by atoms with E-state index in [0.717, 1.165) is 59.6 Å². The summed E-state index contributed by atoms with van der Waals surface area (Å²) in [7, 11) is 0. The van der Waals surface area contributed by atoms with Crippen molar-refractivity contribution in [3.05, 3.63) is 71.6 Å². The van der Waals surface area contributed by atoms with Crippen LogP contribution in [0.2, 0.25) is 0 Å². The highest BCUT2D eigenvalue weighted by molar-refractivity contribution is 7.80. The molecule has 1 fully saturated rings. The number of thiophene rings is 1. The number of anilines is 1. The maximum absolute atomic E-state index is 12.8. The second-order valence-corrected chi connectivity index (χ2v) is 9.66. The van der Waals surface area contributed by atoms with E-state index in [4.69, 9.17) is 17.2 Å². The molecule has 0 spiro atoms. The van der Waals surface area contributed by atoms with Crippen LogP contribution in [-0.4, -0.2) is 35.4 Å². The normalized spacial score (nSPS) is 16.4. The van der Waals surface area contributed by atoms with Crippen LogP contribution in [0.5, 0.6) is 0 Å². The molecule has 1 amide bonds. The molecular weight excluding hydrogens is 470 g/mol. The van der Waals surface area contributed by atoms with Gasteiger partial charge in [0.1, 0.15) is 0 Å². The van der Waals surface area contributed by atoms with Gasteiger partial charge in [-0.1, -0.05) is 60.8 Å². The van der Waals surface area contributed by atoms with E-state index < -0.39 is 0 Å². The Morgan fingerprint density at radius 3 is 2.73 bits per heavy atom. The van der Waals surface area contributed by atoms with Gasteiger partial charge < -0.3 is 10.2 Å². The Morgan fingerprint density at radius 1 is 1.18 bits per heavy atom. The Bertz CT molecular complexity index is 1210. The van der Waals surface area contributed by atoms with E-state index in [0.29, 0.717) is 6.54 Å². The summed E-state index contributed by atoms with van der Waals surface area (Å²) in [5, 5.41) is 5.21. The summed E-state index contributed by atoms with van der Waals surface area (Å²) in [4.78, 5) is 21.0. The molecule has 3 heterocycles. The van der Waals surface area contributed by atoms with Crippen molar-refractivity contribution in [1.82, 2.24) is 10.3 Å². The molecule has 1 N–H and O–H groups in total. The van der Waals surface area contributed by atoms with E-state index in [-0.39, 0.29) is 24.2 Å². The third kappa shape index (κ3) is 5.18. The van der Waals surface area contributed by atoms with Gasteiger partial charge in [-0.05, 0) is 35.9 Å². The van der Waals surface area contributed by atoms with Crippen molar-refractivity contribution in [3.63, 3.8) is 0 Å². The molecule has 0 saturated carbocycles. The molecule has 1 aliphatic carbocycles. The second-order valence-electron chi connectivity index (χ2n) is 8.25. The topological polar surface area (TPSA) is 45.2 Å². The molecule has 7 heteroatoms. The maximum atomic E-state index is 12.8. The van der Waals surface area contributed by atoms with Gasteiger partial charge in [0.15, 0.2) is 0 Å². The van der Waals surface area contributed by atoms with Gasteiger partial charge in [-0.3, -0.25) is 4.79 Å². The van der Waals surface area contributed by atoms with Crippen molar-refractivity contribution < 1.29 is 4.79 Å². The van der Waals surface area contributed by atoms with Gasteiger partial charge in [-0.2, -0.15) is 0 Å². The van der Waals surface area contributed by atoms with Gasteiger partial charge in [0.2, 0.25) is 5.91 Å². The quantitative estimate of drug-likeness (QED) is 0.442. The number of hydrogen-bond acceptors (Lipinski definition) is 5. The molecule has 4 nitrogen and oxygen atoms in total. The van der Waals surface area contributed by atoms with Gasteiger partial charge in [0.05, 0.1) is 21.6 Å². The molecule has 0 bridgehead atoms. The number of amides is 1. The van der Waals surface area contributed by atoms with Crippen LogP contribution in [0, 0.1) is 5.92 Å². The molecule has 0 radical (unpaired) electrons. The number of halogens is 1. The van der Waals surface area contributed by atoms with E-state index in [9.17, 15) is 4.79 Å². The third-order valence-electron chi connectivity index (χ3n) is 6.22. The maximum Gasteiger partial charge on any atom is 0.223 e. The Labute approximate surface area is 209 Å². The lowest BCUT2D eigenvalue weighted by atomic mass is 9.95. The minimum Gasteiger partial charge on any atom is -0.370 e. The monoisotopic (exact) mass is 495 g/mol. The lowest BCUT2D eigenvalue weighted by Gasteiger charge is -2.33. The van der Waals surface area contributed by atoms with Crippen LogP contribution < -0.4 is 10.2 Å². The number of carbonyl (C=O) groups excluding carboxylic acids is 1. The summed E-state index contributed by atoms with van der Waals surface area (Å²) >= 11 is 7.14. The Morgan fingerprint density at radius 2 is 1.97 bits per heavy atom. The highest BCUT2D eigenvalue weighted by atomic mass is 35.5. The molecule has 3 aromatic rings. The molecule has 0 atom stereocenters. The average molecular weight is 496 g/mol. The zero-order valence-electron chi connectivity index (χ0n) is 18.2. The number of rotatable bonds is 5. The SMILES string of the molecule is Cl.O=C(NCC1=CC=CCC1=S)C1CCN(c2cc(-c3ccccc3)nc3ccsc23)CC1. The highest BCUT2D eigenvalue weighted by Crippen LogP contribution is 2.36. The first-order valence-corrected chi connectivity index (χ1v) is 12.3. The van der Waals surface area contributed by atoms with E-state index >= 15 is 0 Å². The van der Waals surface area contributed by atoms with Gasteiger partial charge in [0.25, 0.3) is 0 Å². The fraction of sp³-hybridized carbons (Fsp3) is 0.269. The number of nitrogens with zero attached hydrogens (tertiary/aromatic N) is 2. The number of pyridine rings is 1. The van der Waals surface area contributed by atoms with Crippen molar-refractivity contribution in [2.24, 2.45) is 5.92 Å². The minimum atomic E-state index is 0. The first-order valence-electron chi connectivity index (χ1n) is 11.0. The van der Waals surface area contributed by atoms with E-state index in [1.807, 2.05) is 30.4 Å². The molecule has 1 aromatic carbocycles. The lowest BCUT2D eigenvalue weighted by molar-refractivity contribution is -0.125. The number of carbonyl (C=O) groups is 1. The lowest BCUT2D eigenvalue weighted by Crippen LogP contribution is -2.41. The number of hydrogen-bond donors (Lipinski definition) is 1. The summed E-state index contributed by atoms with van der Waals surface area (Å²) in [5.41, 5.74) is 5.45. The number of allylic oxidation sites excluding steroid dienone is 3. The molecule has 33 heavy (non-hydrogen) atoms. The summed E-state index contributed by atoms with van der Waals surface area (Å²) in [6.45, 7) is 2.27. The first kappa shape index (κ1) is 23.6. The van der Waals surface area contributed by atoms with Crippen LogP contribution >= 0.6 is 36.0 Å². The predicted molar refractivity (Wildman–Crippen MR) is 145 cm³/mol. The molecule has 2 aromatic heterocycles. The van der Waals surface area contributed by atoms with Crippen molar-refractivity contribution >= 4 is 62.6 Å². The fourth-order valence-corrected chi connectivity index (χ4v) is 5.49. The van der Waals surface area contributed by atoms with Crippen LogP contribution in [0.3, 0.4) is 0 Å². The van der Waals surface area contributed by atoms with Crippen LogP contribution in [-0.2, 0) is 4.79 Å². The van der Waals surface area contributed by atoms with Crippen LogP contribution in [0.4, 0.5) is 5.69 Å². The molecule has 5 rings (SSSR count). The Balaban J connectivity index is 0.00000259. The standard InChI is InChI=1S/C26H25N3OS2.ClH/c30-26(27-17-20-8-4-5-9-24(20)31)19-10-13-29(14-11-19)23-16-22(18-6-2-1-3-7-18)28-21-12-15-32-25(21)23;/h1-8,12,15-16,19H,9-11,13-14,17H2,(H,27,30);1H. The van der Waals surface area contributed by atoms with Gasteiger partial charge in [0, 0.05) is 42.4 Å². The summed E-state index contributed by atoms with van der Waals surface area (Å²) in [5.74, 6) is 0.192. The fourth-order valence-electron chi connectivity index (χ4n) is 4.38. The van der Waals surface area contributed by atoms with Crippen LogP contribution in [0.15, 0.2) is 71.6 Å². The zero-order valence-corrected chi connectivity index (χ0v) is 20.6. The number of benzene rings is 1. The molecule has 2 aliphatic rings. The molecular formula is C26H26ClN3OS2. The average Bonchev–Trinajstić information content (AvgIpc) is 3.32. The molecule has 1 saturated heterocycles. The number of nitrogens with one attached hydrogen (secondary N) is 1. The smallest absolute Gasteiger partial charge is 0.223 e. The molecule has 1 aliphatic heterocycles. The zero-order chi connectivity index (χ0) is 21.9. The predicted octanol–water partition coefficient (Wildman–Crippen LogP) is 5.97. The van der Waals surface area contributed by atoms with Crippen molar-refractivity contribution in [1.29, 1.82) is 0 Å². The third-order valence-corrected chi connectivity index (χ3v) is 7.57. The minimum absolute atomic E-state index is 0. The van der Waals surface area contributed by atoms with Crippen molar-refractivity contribution in [3.8, 4) is 11.3 Å². The number of piperidine rings is 1. The van der Waals surface area contributed by atoms with E-state index in [1.165, 1.54) is 10.4 Å². The van der Waals surface area contributed by atoms with Gasteiger partial charge in [-0.15, -0.1) is 23.7 Å². The largest absolute Gasteiger partial charge is 0.370 e. The summed E-state index contributed by atoms with van der Waals surface area (Å²) in [6, 6.07) is 14.6. The van der Waals surface area contributed by atoms with Crippen LogP contribution in [0.25, 0.3) is 21.5 Å². The molecule has 170 valence electrons. The molecule has 0 unspecified atom stereocenters. The number of aromatic nitrogens is 1. The van der Waals surface area contributed by atoms with Gasteiger partial charge >= 0.3 is 0 Å². The van der Waals surface area contributed by atoms with Crippen molar-refractivity contribution in [2.75, 3.05) is 24.5 Å². The number of thiocarbonyl (C=S) groups is 1. The van der Waals surface area contributed by atoms with Crippen LogP contribution in [0.1, 0.15) is 19.3 Å².